The number of nitrogens with zero attached hydrogens (tertiary/aromatic N) is 1. The molecule has 0 atom stereocenters. The number of hydrogen-bond donors (Lipinski definition) is 1. The maximum atomic E-state index is 5.97. The lowest BCUT2D eigenvalue weighted by molar-refractivity contribution is 0.349. The maximum Gasteiger partial charge on any atom is 0.141 e. The third kappa shape index (κ3) is 1.98. The average Bonchev–Trinajstić information content (AvgIpc) is 2.47. The molecule has 0 fully saturated rings. The Morgan fingerprint density at radius 1 is 1.36 bits per heavy atom. The molecule has 1 aliphatic carbocycles. The Bertz CT molecular complexity index is 323. The van der Waals surface area contributed by atoms with Crippen LogP contribution in [0.2, 0.25) is 0 Å². The summed E-state index contributed by atoms with van der Waals surface area (Å²) in [6.45, 7) is 4.04. The lowest BCUT2D eigenvalue weighted by Gasteiger charge is -2.17. The van der Waals surface area contributed by atoms with Crippen molar-refractivity contribution in [3.8, 4) is 0 Å². The van der Waals surface area contributed by atoms with E-state index in [9.17, 15) is 0 Å². The largest absolute Gasteiger partial charge is 0.361 e. The van der Waals surface area contributed by atoms with Crippen LogP contribution in [0.1, 0.15) is 43.7 Å². The topological polar surface area (TPSA) is 52.0 Å². The molecule has 1 heterocycles. The van der Waals surface area contributed by atoms with Gasteiger partial charge >= 0.3 is 0 Å². The molecular formula is C11H18N2O. The predicted octanol–water partition coefficient (Wildman–Crippen LogP) is 1.83. The van der Waals surface area contributed by atoms with E-state index in [0.29, 0.717) is 0 Å². The highest BCUT2D eigenvalue weighted by atomic mass is 16.5. The zero-order valence-corrected chi connectivity index (χ0v) is 8.97. The number of rotatable bonds is 2. The van der Waals surface area contributed by atoms with Crippen molar-refractivity contribution in [3.63, 3.8) is 0 Å². The van der Waals surface area contributed by atoms with E-state index in [2.05, 4.69) is 5.16 Å². The van der Waals surface area contributed by atoms with Gasteiger partial charge in [0.2, 0.25) is 0 Å². The van der Waals surface area contributed by atoms with Gasteiger partial charge in [0, 0.05) is 17.5 Å². The molecule has 78 valence electrons. The van der Waals surface area contributed by atoms with Crippen LogP contribution in [-0.4, -0.2) is 10.7 Å². The molecule has 0 aliphatic heterocycles. The summed E-state index contributed by atoms with van der Waals surface area (Å²) >= 11 is 0. The second kappa shape index (κ2) is 3.39. The maximum absolute atomic E-state index is 5.97. The molecule has 3 heteroatoms. The summed E-state index contributed by atoms with van der Waals surface area (Å²) in [6, 6.07) is 0. The van der Waals surface area contributed by atoms with E-state index in [1.54, 1.807) is 0 Å². The van der Waals surface area contributed by atoms with Crippen molar-refractivity contribution in [1.82, 2.24) is 5.16 Å². The Kier molecular flexibility index (Phi) is 2.35. The van der Waals surface area contributed by atoms with Gasteiger partial charge in [-0.15, -0.1) is 0 Å². The van der Waals surface area contributed by atoms with E-state index < -0.39 is 0 Å². The highest BCUT2D eigenvalue weighted by Gasteiger charge is 2.23. The van der Waals surface area contributed by atoms with Crippen LogP contribution in [0.5, 0.6) is 0 Å². The van der Waals surface area contributed by atoms with Gasteiger partial charge in [-0.25, -0.2) is 0 Å². The van der Waals surface area contributed by atoms with Crippen molar-refractivity contribution in [2.45, 2.75) is 51.5 Å². The van der Waals surface area contributed by atoms with Gasteiger partial charge in [-0.3, -0.25) is 0 Å². The lowest BCUT2D eigenvalue weighted by atomic mass is 9.91. The van der Waals surface area contributed by atoms with Gasteiger partial charge in [-0.2, -0.15) is 0 Å². The summed E-state index contributed by atoms with van der Waals surface area (Å²) in [5.74, 6) is 1.01. The van der Waals surface area contributed by atoms with Crippen molar-refractivity contribution >= 4 is 0 Å². The van der Waals surface area contributed by atoms with Gasteiger partial charge < -0.3 is 10.3 Å². The van der Waals surface area contributed by atoms with Crippen molar-refractivity contribution < 1.29 is 4.52 Å². The molecule has 0 saturated carbocycles. The zero-order valence-electron chi connectivity index (χ0n) is 8.97. The molecule has 1 aromatic heterocycles. The first-order valence-electron chi connectivity index (χ1n) is 5.31. The van der Waals surface area contributed by atoms with Crippen LogP contribution in [0.3, 0.4) is 0 Å². The highest BCUT2D eigenvalue weighted by Crippen LogP contribution is 2.25. The molecule has 0 aromatic carbocycles. The van der Waals surface area contributed by atoms with Gasteiger partial charge in [0.1, 0.15) is 5.76 Å². The molecule has 3 nitrogen and oxygen atoms in total. The first kappa shape index (κ1) is 9.71. The van der Waals surface area contributed by atoms with Crippen LogP contribution >= 0.6 is 0 Å². The van der Waals surface area contributed by atoms with E-state index >= 15 is 0 Å². The molecule has 14 heavy (non-hydrogen) atoms. The van der Waals surface area contributed by atoms with Crippen LogP contribution in [0, 0.1) is 0 Å². The van der Waals surface area contributed by atoms with Gasteiger partial charge in [-0.05, 0) is 39.5 Å². The minimum Gasteiger partial charge on any atom is -0.361 e. The van der Waals surface area contributed by atoms with E-state index in [1.807, 2.05) is 13.8 Å². The summed E-state index contributed by atoms with van der Waals surface area (Å²) in [7, 11) is 0. The standard InChI is InChI=1S/C11H18N2O/c1-11(2,12)7-10-8-5-3-4-6-9(8)13-14-10/h3-7,12H2,1-2H3. The molecule has 0 spiro atoms. The van der Waals surface area contributed by atoms with Crippen molar-refractivity contribution in [1.29, 1.82) is 0 Å². The summed E-state index contributed by atoms with van der Waals surface area (Å²) in [4.78, 5) is 0. The fourth-order valence-electron chi connectivity index (χ4n) is 2.01. The second-order valence-electron chi connectivity index (χ2n) is 4.90. The fourth-order valence-corrected chi connectivity index (χ4v) is 2.01. The van der Waals surface area contributed by atoms with E-state index in [4.69, 9.17) is 10.3 Å². The van der Waals surface area contributed by atoms with E-state index in [1.165, 1.54) is 18.4 Å². The fraction of sp³-hybridized carbons (Fsp3) is 0.727. The van der Waals surface area contributed by atoms with E-state index in [0.717, 1.165) is 30.7 Å². The molecule has 0 saturated heterocycles. The Hall–Kier alpha value is -0.830. The molecule has 0 unspecified atom stereocenters. The van der Waals surface area contributed by atoms with Gasteiger partial charge in [0.05, 0.1) is 5.69 Å². The van der Waals surface area contributed by atoms with Gasteiger partial charge in [-0.1, -0.05) is 5.16 Å². The molecular weight excluding hydrogens is 176 g/mol. The van der Waals surface area contributed by atoms with E-state index in [-0.39, 0.29) is 5.54 Å². The number of aromatic nitrogens is 1. The number of hydrogen-bond acceptors (Lipinski definition) is 3. The van der Waals surface area contributed by atoms with Crippen molar-refractivity contribution in [3.05, 3.63) is 17.0 Å². The Balaban J connectivity index is 2.22. The van der Waals surface area contributed by atoms with Crippen LogP contribution in [0.4, 0.5) is 0 Å². The summed E-state index contributed by atoms with van der Waals surface area (Å²) in [5, 5.41) is 4.11. The molecule has 0 radical (unpaired) electrons. The quantitative estimate of drug-likeness (QED) is 0.781. The third-order valence-electron chi connectivity index (χ3n) is 2.66. The molecule has 0 amide bonds. The van der Waals surface area contributed by atoms with Crippen LogP contribution in [-0.2, 0) is 19.3 Å². The minimum absolute atomic E-state index is 0.204. The molecule has 2 N–H and O–H groups in total. The minimum atomic E-state index is -0.204. The smallest absolute Gasteiger partial charge is 0.141 e. The van der Waals surface area contributed by atoms with Gasteiger partial charge in [0.25, 0.3) is 0 Å². The lowest BCUT2D eigenvalue weighted by Crippen LogP contribution is -2.34. The average molecular weight is 194 g/mol. The molecule has 1 aromatic rings. The van der Waals surface area contributed by atoms with Gasteiger partial charge in [0.15, 0.2) is 0 Å². The number of aryl methyl sites for hydroxylation is 1. The monoisotopic (exact) mass is 194 g/mol. The molecule has 0 bridgehead atoms. The number of fused-ring (bicyclic) bond motifs is 1. The molecule has 2 rings (SSSR count). The first-order chi connectivity index (χ1) is 6.56. The number of nitrogens with two attached hydrogens (primary N) is 1. The summed E-state index contributed by atoms with van der Waals surface area (Å²) in [5.41, 5.74) is 8.26. The highest BCUT2D eigenvalue weighted by molar-refractivity contribution is 5.26. The summed E-state index contributed by atoms with van der Waals surface area (Å²) < 4.78 is 5.36. The van der Waals surface area contributed by atoms with Crippen molar-refractivity contribution in [2.75, 3.05) is 0 Å². The normalized spacial score (nSPS) is 16.8. The third-order valence-corrected chi connectivity index (χ3v) is 2.66. The van der Waals surface area contributed by atoms with Crippen LogP contribution in [0.25, 0.3) is 0 Å². The molecule has 1 aliphatic rings. The Labute approximate surface area is 84.7 Å². The zero-order chi connectivity index (χ0) is 10.2. The van der Waals surface area contributed by atoms with Crippen LogP contribution < -0.4 is 5.73 Å². The first-order valence-corrected chi connectivity index (χ1v) is 5.31. The SMILES string of the molecule is CC(C)(N)Cc1onc2c1CCCC2. The Morgan fingerprint density at radius 2 is 2.07 bits per heavy atom. The Morgan fingerprint density at radius 3 is 2.79 bits per heavy atom. The summed E-state index contributed by atoms with van der Waals surface area (Å²) in [6.07, 6.45) is 5.47. The van der Waals surface area contributed by atoms with Crippen LogP contribution in [0.15, 0.2) is 4.52 Å². The predicted molar refractivity (Wildman–Crippen MR) is 55.1 cm³/mol. The second-order valence-corrected chi connectivity index (χ2v) is 4.90. The van der Waals surface area contributed by atoms with Crippen molar-refractivity contribution in [2.24, 2.45) is 5.73 Å².